The van der Waals surface area contributed by atoms with E-state index in [2.05, 4.69) is 4.74 Å². The van der Waals surface area contributed by atoms with Gasteiger partial charge in [0.1, 0.15) is 12.5 Å². The van der Waals surface area contributed by atoms with E-state index in [9.17, 15) is 4.79 Å². The van der Waals surface area contributed by atoms with Crippen molar-refractivity contribution in [3.8, 4) is 12.1 Å². The molecular weight excluding hydrogens is 184 g/mol. The highest BCUT2D eigenvalue weighted by Gasteiger charge is 2.44. The van der Waals surface area contributed by atoms with Crippen LogP contribution in [0.2, 0.25) is 0 Å². The van der Waals surface area contributed by atoms with Crippen molar-refractivity contribution in [2.75, 3.05) is 19.8 Å². The zero-order chi connectivity index (χ0) is 10.4. The van der Waals surface area contributed by atoms with Gasteiger partial charge in [0.25, 0.3) is 6.47 Å². The Bertz CT molecular complexity index is 269. The van der Waals surface area contributed by atoms with E-state index < -0.39 is 11.3 Å². The minimum atomic E-state index is -0.787. The second kappa shape index (κ2) is 4.59. The van der Waals surface area contributed by atoms with Gasteiger partial charge in [-0.1, -0.05) is 0 Å². The van der Waals surface area contributed by atoms with Crippen LogP contribution < -0.4 is 0 Å². The highest BCUT2D eigenvalue weighted by atomic mass is 16.5. The molecule has 0 spiro atoms. The quantitative estimate of drug-likeness (QED) is 0.598. The van der Waals surface area contributed by atoms with Crippen LogP contribution in [0.25, 0.3) is 0 Å². The molecule has 1 aliphatic rings. The van der Waals surface area contributed by atoms with Gasteiger partial charge in [-0.05, 0) is 6.42 Å². The molecular formula is C9H10N2O3. The third-order valence-electron chi connectivity index (χ3n) is 2.44. The van der Waals surface area contributed by atoms with Crippen molar-refractivity contribution in [1.29, 1.82) is 10.5 Å². The lowest BCUT2D eigenvalue weighted by Gasteiger charge is -2.26. The first-order valence-corrected chi connectivity index (χ1v) is 4.21. The minimum Gasteiger partial charge on any atom is -0.467 e. The number of hydrogen-bond acceptors (Lipinski definition) is 5. The van der Waals surface area contributed by atoms with E-state index in [1.807, 2.05) is 12.1 Å². The van der Waals surface area contributed by atoms with Crippen LogP contribution in [0.4, 0.5) is 0 Å². The number of nitrogens with zero attached hydrogens (tertiary/aromatic N) is 2. The van der Waals surface area contributed by atoms with E-state index in [-0.39, 0.29) is 6.61 Å². The fourth-order valence-electron chi connectivity index (χ4n) is 1.55. The zero-order valence-corrected chi connectivity index (χ0v) is 7.60. The molecule has 1 atom stereocenters. The average molecular weight is 194 g/mol. The summed E-state index contributed by atoms with van der Waals surface area (Å²) in [5.41, 5.74) is -0.635. The molecule has 0 saturated carbocycles. The highest BCUT2D eigenvalue weighted by molar-refractivity contribution is 5.37. The Balaban J connectivity index is 2.76. The summed E-state index contributed by atoms with van der Waals surface area (Å²) in [5.74, 6) is -0.787. The van der Waals surface area contributed by atoms with E-state index in [1.54, 1.807) is 0 Å². The van der Waals surface area contributed by atoms with Crippen molar-refractivity contribution in [2.24, 2.45) is 11.3 Å². The number of ether oxygens (including phenoxy) is 2. The zero-order valence-electron chi connectivity index (χ0n) is 7.60. The summed E-state index contributed by atoms with van der Waals surface area (Å²) in [7, 11) is 0. The first-order chi connectivity index (χ1) is 6.79. The molecule has 0 bridgehead atoms. The van der Waals surface area contributed by atoms with Gasteiger partial charge in [-0.25, -0.2) is 0 Å². The number of carbonyl (C=O) groups excluding carboxylic acids is 1. The van der Waals surface area contributed by atoms with Crippen molar-refractivity contribution in [1.82, 2.24) is 0 Å². The molecule has 1 heterocycles. The summed E-state index contributed by atoms with van der Waals surface area (Å²) in [5, 5.41) is 17.6. The van der Waals surface area contributed by atoms with Crippen LogP contribution >= 0.6 is 0 Å². The molecule has 5 nitrogen and oxygen atoms in total. The van der Waals surface area contributed by atoms with E-state index in [0.717, 1.165) is 0 Å². The van der Waals surface area contributed by atoms with Crippen LogP contribution in [0, 0.1) is 34.0 Å². The summed E-state index contributed by atoms with van der Waals surface area (Å²) in [6.45, 7) is 1.20. The largest absolute Gasteiger partial charge is 0.467 e. The first kappa shape index (κ1) is 10.5. The Labute approximate surface area is 81.8 Å². The van der Waals surface area contributed by atoms with Gasteiger partial charge >= 0.3 is 0 Å². The van der Waals surface area contributed by atoms with Crippen molar-refractivity contribution in [3.05, 3.63) is 0 Å². The van der Waals surface area contributed by atoms with Gasteiger partial charge in [0.15, 0.2) is 0 Å². The second-order valence-electron chi connectivity index (χ2n) is 3.26. The highest BCUT2D eigenvalue weighted by Crippen LogP contribution is 2.36. The van der Waals surface area contributed by atoms with Crippen LogP contribution in [0.3, 0.4) is 0 Å². The summed E-state index contributed by atoms with van der Waals surface area (Å²) < 4.78 is 9.79. The van der Waals surface area contributed by atoms with Crippen molar-refractivity contribution in [2.45, 2.75) is 6.42 Å². The first-order valence-electron chi connectivity index (χ1n) is 4.21. The molecule has 5 heteroatoms. The van der Waals surface area contributed by atoms with Gasteiger partial charge in [-0.2, -0.15) is 10.5 Å². The van der Waals surface area contributed by atoms with Gasteiger partial charge in [0.2, 0.25) is 0 Å². The molecule has 0 aromatic carbocycles. The van der Waals surface area contributed by atoms with Crippen LogP contribution in [0.15, 0.2) is 0 Å². The monoisotopic (exact) mass is 194 g/mol. The number of nitriles is 2. The maximum Gasteiger partial charge on any atom is 0.293 e. The molecule has 0 aromatic heterocycles. The Kier molecular flexibility index (Phi) is 3.44. The lowest BCUT2D eigenvalue weighted by atomic mass is 9.77. The lowest BCUT2D eigenvalue weighted by molar-refractivity contribution is -0.132. The van der Waals surface area contributed by atoms with Crippen molar-refractivity contribution < 1.29 is 14.3 Å². The molecule has 1 aliphatic heterocycles. The summed E-state index contributed by atoms with van der Waals surface area (Å²) in [6, 6.07) is 3.81. The van der Waals surface area contributed by atoms with E-state index in [4.69, 9.17) is 15.3 Å². The predicted octanol–water partition coefficient (Wildman–Crippen LogP) is 0.229. The van der Waals surface area contributed by atoms with Crippen molar-refractivity contribution >= 4 is 6.47 Å². The minimum absolute atomic E-state index is 0.0717. The van der Waals surface area contributed by atoms with Gasteiger partial charge in [0, 0.05) is 6.61 Å². The SMILES string of the molecule is N#CC(C#N)C1(COC=O)CCOC1. The smallest absolute Gasteiger partial charge is 0.293 e. The van der Waals surface area contributed by atoms with E-state index in [1.165, 1.54) is 0 Å². The molecule has 0 aromatic rings. The number of rotatable bonds is 4. The Hall–Kier alpha value is -1.59. The number of hydrogen-bond donors (Lipinski definition) is 0. The third kappa shape index (κ3) is 1.84. The van der Waals surface area contributed by atoms with Gasteiger partial charge < -0.3 is 9.47 Å². The molecule has 14 heavy (non-hydrogen) atoms. The van der Waals surface area contributed by atoms with Crippen LogP contribution in [0.5, 0.6) is 0 Å². The molecule has 1 rings (SSSR count). The summed E-state index contributed by atoms with van der Waals surface area (Å²) in [6.07, 6.45) is 0.576. The molecule has 0 aliphatic carbocycles. The normalized spacial score (nSPS) is 25.4. The third-order valence-corrected chi connectivity index (χ3v) is 2.44. The maximum absolute atomic E-state index is 10.1. The molecule has 74 valence electrons. The molecule has 1 unspecified atom stereocenters. The maximum atomic E-state index is 10.1. The summed E-state index contributed by atoms with van der Waals surface area (Å²) >= 11 is 0. The summed E-state index contributed by atoms with van der Waals surface area (Å²) in [4.78, 5) is 10.1. The standard InChI is InChI=1S/C9H10N2O3/c10-3-8(4-11)9(6-14-7-12)1-2-13-5-9/h7-8H,1-2,5-6H2. The topological polar surface area (TPSA) is 83.1 Å². The van der Waals surface area contributed by atoms with Gasteiger partial charge in [0.05, 0.1) is 24.2 Å². The Morgan fingerprint density at radius 3 is 2.71 bits per heavy atom. The average Bonchev–Trinajstić information content (AvgIpc) is 2.67. The molecule has 1 saturated heterocycles. The Morgan fingerprint density at radius 2 is 2.29 bits per heavy atom. The second-order valence-corrected chi connectivity index (χ2v) is 3.26. The molecule has 0 amide bonds. The van der Waals surface area contributed by atoms with Crippen LogP contribution in [0.1, 0.15) is 6.42 Å². The fraction of sp³-hybridized carbons (Fsp3) is 0.667. The predicted molar refractivity (Wildman–Crippen MR) is 44.6 cm³/mol. The molecule has 0 N–H and O–H groups in total. The molecule has 0 radical (unpaired) electrons. The molecule has 1 fully saturated rings. The van der Waals surface area contributed by atoms with Gasteiger partial charge in [-0.3, -0.25) is 4.79 Å². The fourth-order valence-corrected chi connectivity index (χ4v) is 1.55. The van der Waals surface area contributed by atoms with E-state index >= 15 is 0 Å². The van der Waals surface area contributed by atoms with Crippen molar-refractivity contribution in [3.63, 3.8) is 0 Å². The number of carbonyl (C=O) groups is 1. The van der Waals surface area contributed by atoms with Gasteiger partial charge in [-0.15, -0.1) is 0 Å². The lowest BCUT2D eigenvalue weighted by Crippen LogP contribution is -2.34. The Morgan fingerprint density at radius 1 is 1.57 bits per heavy atom. The van der Waals surface area contributed by atoms with Crippen LogP contribution in [-0.4, -0.2) is 26.3 Å². The van der Waals surface area contributed by atoms with Crippen LogP contribution in [-0.2, 0) is 14.3 Å². The van der Waals surface area contributed by atoms with E-state index in [0.29, 0.717) is 26.1 Å².